The number of rotatable bonds is 11. The minimum Gasteiger partial charge on any atom is -0.381 e. The van der Waals surface area contributed by atoms with Gasteiger partial charge in [0.25, 0.3) is 0 Å². The molecule has 2 atom stereocenters. The van der Waals surface area contributed by atoms with E-state index >= 15 is 0 Å². The molecule has 2 nitrogen and oxygen atoms in total. The highest BCUT2D eigenvalue weighted by Crippen LogP contribution is 2.21. The van der Waals surface area contributed by atoms with Gasteiger partial charge in [-0.3, -0.25) is 0 Å². The molecule has 0 aromatic rings. The quantitative estimate of drug-likeness (QED) is 0.560. The van der Waals surface area contributed by atoms with E-state index in [9.17, 15) is 0 Å². The molecule has 1 aliphatic rings. The van der Waals surface area contributed by atoms with Crippen molar-refractivity contribution in [1.82, 2.24) is 5.32 Å². The molecule has 2 heteroatoms. The third-order valence-electron chi connectivity index (χ3n) is 4.06. The van der Waals surface area contributed by atoms with Crippen molar-refractivity contribution in [3.63, 3.8) is 0 Å². The first-order valence-corrected chi connectivity index (χ1v) is 8.19. The van der Waals surface area contributed by atoms with Crippen molar-refractivity contribution in [2.24, 2.45) is 5.92 Å². The minimum absolute atomic E-state index is 0.707. The van der Waals surface area contributed by atoms with Crippen LogP contribution in [0.25, 0.3) is 0 Å². The third kappa shape index (κ3) is 6.75. The number of hydrogen-bond donors (Lipinski definition) is 1. The lowest BCUT2D eigenvalue weighted by Gasteiger charge is -2.23. The van der Waals surface area contributed by atoms with E-state index in [-0.39, 0.29) is 0 Å². The van der Waals surface area contributed by atoms with Crippen molar-refractivity contribution in [1.29, 1.82) is 0 Å². The van der Waals surface area contributed by atoms with Gasteiger partial charge in [0, 0.05) is 12.6 Å². The molecule has 0 aromatic carbocycles. The Morgan fingerprint density at radius 1 is 1.06 bits per heavy atom. The summed E-state index contributed by atoms with van der Waals surface area (Å²) in [5.41, 5.74) is 0. The van der Waals surface area contributed by atoms with E-state index in [2.05, 4.69) is 19.2 Å². The Bertz CT molecular complexity index is 178. The molecular formula is C16H33NO. The fourth-order valence-electron chi connectivity index (χ4n) is 2.85. The number of unbranched alkanes of at least 4 members (excludes halogenated alkanes) is 5. The van der Waals surface area contributed by atoms with Crippen LogP contribution in [0.15, 0.2) is 0 Å². The summed E-state index contributed by atoms with van der Waals surface area (Å²) in [6.07, 6.45) is 12.3. The monoisotopic (exact) mass is 255 g/mol. The van der Waals surface area contributed by atoms with Crippen LogP contribution in [0.2, 0.25) is 0 Å². The summed E-state index contributed by atoms with van der Waals surface area (Å²) in [5.74, 6) is 0.771. The van der Waals surface area contributed by atoms with Gasteiger partial charge in [0.05, 0.1) is 6.61 Å². The maximum absolute atomic E-state index is 5.54. The highest BCUT2D eigenvalue weighted by atomic mass is 16.5. The normalized spacial score (nSPS) is 21.3. The van der Waals surface area contributed by atoms with Gasteiger partial charge >= 0.3 is 0 Å². The van der Waals surface area contributed by atoms with E-state index in [0.717, 1.165) is 25.7 Å². The largest absolute Gasteiger partial charge is 0.381 e. The second-order valence-electron chi connectivity index (χ2n) is 5.74. The van der Waals surface area contributed by atoms with Crippen molar-refractivity contribution < 1.29 is 4.74 Å². The van der Waals surface area contributed by atoms with Crippen molar-refractivity contribution in [3.05, 3.63) is 0 Å². The first-order valence-electron chi connectivity index (χ1n) is 8.19. The molecule has 0 amide bonds. The molecule has 1 saturated heterocycles. The van der Waals surface area contributed by atoms with Gasteiger partial charge in [0.2, 0.25) is 0 Å². The van der Waals surface area contributed by atoms with Crippen LogP contribution in [-0.2, 0) is 4.74 Å². The summed E-state index contributed by atoms with van der Waals surface area (Å²) < 4.78 is 5.54. The Balaban J connectivity index is 2.11. The van der Waals surface area contributed by atoms with Crippen molar-refractivity contribution in [2.75, 3.05) is 19.8 Å². The maximum atomic E-state index is 5.54. The summed E-state index contributed by atoms with van der Waals surface area (Å²) >= 11 is 0. The zero-order chi connectivity index (χ0) is 13.1. The van der Waals surface area contributed by atoms with E-state index in [4.69, 9.17) is 4.74 Å². The maximum Gasteiger partial charge on any atom is 0.0510 e. The molecule has 0 aromatic heterocycles. The minimum atomic E-state index is 0.707. The topological polar surface area (TPSA) is 21.3 Å². The smallest absolute Gasteiger partial charge is 0.0510 e. The summed E-state index contributed by atoms with van der Waals surface area (Å²) in [6, 6.07) is 0.707. The molecule has 1 rings (SSSR count). The van der Waals surface area contributed by atoms with Crippen LogP contribution in [0.1, 0.15) is 71.6 Å². The first kappa shape index (κ1) is 16.0. The summed E-state index contributed by atoms with van der Waals surface area (Å²) in [6.45, 7) is 7.66. The second-order valence-corrected chi connectivity index (χ2v) is 5.74. The molecule has 2 unspecified atom stereocenters. The van der Waals surface area contributed by atoms with Crippen molar-refractivity contribution >= 4 is 0 Å². The van der Waals surface area contributed by atoms with E-state index in [0.29, 0.717) is 6.04 Å². The fourth-order valence-corrected chi connectivity index (χ4v) is 2.85. The number of ether oxygens (including phenoxy) is 1. The average molecular weight is 255 g/mol. The molecule has 0 radical (unpaired) electrons. The van der Waals surface area contributed by atoms with Crippen LogP contribution < -0.4 is 5.32 Å². The average Bonchev–Trinajstić information content (AvgIpc) is 2.91. The lowest BCUT2D eigenvalue weighted by atomic mass is 9.93. The molecule has 0 aliphatic carbocycles. The Labute approximate surface area is 114 Å². The Morgan fingerprint density at radius 3 is 2.50 bits per heavy atom. The third-order valence-corrected chi connectivity index (χ3v) is 4.06. The fraction of sp³-hybridized carbons (Fsp3) is 1.00. The highest BCUT2D eigenvalue weighted by Gasteiger charge is 2.24. The zero-order valence-electron chi connectivity index (χ0n) is 12.5. The number of nitrogens with one attached hydrogen (secondary N) is 1. The Morgan fingerprint density at radius 2 is 1.83 bits per heavy atom. The van der Waals surface area contributed by atoms with Gasteiger partial charge in [0.1, 0.15) is 0 Å². The lowest BCUT2D eigenvalue weighted by Crippen LogP contribution is -2.37. The van der Waals surface area contributed by atoms with Crippen molar-refractivity contribution in [3.8, 4) is 0 Å². The number of hydrogen-bond acceptors (Lipinski definition) is 2. The van der Waals surface area contributed by atoms with E-state index in [1.54, 1.807) is 0 Å². The summed E-state index contributed by atoms with van der Waals surface area (Å²) in [7, 11) is 0. The van der Waals surface area contributed by atoms with Gasteiger partial charge in [-0.05, 0) is 31.7 Å². The van der Waals surface area contributed by atoms with Crippen LogP contribution in [0.4, 0.5) is 0 Å². The molecule has 1 aliphatic heterocycles. The molecule has 1 heterocycles. The molecule has 108 valence electrons. The van der Waals surface area contributed by atoms with Crippen LogP contribution in [-0.4, -0.2) is 25.8 Å². The van der Waals surface area contributed by atoms with Crippen molar-refractivity contribution in [2.45, 2.75) is 77.7 Å². The van der Waals surface area contributed by atoms with Gasteiger partial charge < -0.3 is 10.1 Å². The predicted molar refractivity (Wildman–Crippen MR) is 79.0 cm³/mol. The summed E-state index contributed by atoms with van der Waals surface area (Å²) in [5, 5.41) is 3.73. The first-order chi connectivity index (χ1) is 8.88. The Kier molecular flexibility index (Phi) is 9.59. The second kappa shape index (κ2) is 10.8. The molecule has 1 fully saturated rings. The van der Waals surface area contributed by atoms with Crippen LogP contribution in [0.5, 0.6) is 0 Å². The standard InChI is InChI=1S/C16H33NO/c1-3-5-6-7-8-9-10-16(17-12-4-2)15-11-13-18-14-15/h15-17H,3-14H2,1-2H3. The molecule has 0 bridgehead atoms. The van der Waals surface area contributed by atoms with Crippen LogP contribution in [0, 0.1) is 5.92 Å². The zero-order valence-corrected chi connectivity index (χ0v) is 12.5. The Hall–Kier alpha value is -0.0800. The van der Waals surface area contributed by atoms with E-state index < -0.39 is 0 Å². The van der Waals surface area contributed by atoms with Gasteiger partial charge in [-0.15, -0.1) is 0 Å². The molecular weight excluding hydrogens is 222 g/mol. The highest BCUT2D eigenvalue weighted by molar-refractivity contribution is 4.79. The molecule has 0 spiro atoms. The molecule has 1 N–H and O–H groups in total. The van der Waals surface area contributed by atoms with Gasteiger partial charge in [-0.1, -0.05) is 52.4 Å². The SMILES string of the molecule is CCCCCCCCC(NCCC)C1CCOC1. The van der Waals surface area contributed by atoms with E-state index in [1.807, 2.05) is 0 Å². The molecule has 0 saturated carbocycles. The van der Waals surface area contributed by atoms with Crippen LogP contribution >= 0.6 is 0 Å². The van der Waals surface area contributed by atoms with Gasteiger partial charge in [0.15, 0.2) is 0 Å². The van der Waals surface area contributed by atoms with Gasteiger partial charge in [-0.2, -0.15) is 0 Å². The van der Waals surface area contributed by atoms with Crippen LogP contribution in [0.3, 0.4) is 0 Å². The molecule has 18 heavy (non-hydrogen) atoms. The van der Waals surface area contributed by atoms with E-state index in [1.165, 1.54) is 57.8 Å². The predicted octanol–water partition coefficient (Wildman–Crippen LogP) is 4.14. The van der Waals surface area contributed by atoms with Gasteiger partial charge in [-0.25, -0.2) is 0 Å². The summed E-state index contributed by atoms with van der Waals surface area (Å²) in [4.78, 5) is 0. The lowest BCUT2D eigenvalue weighted by molar-refractivity contribution is 0.174.